The first kappa shape index (κ1) is 27.1. The van der Waals surface area contributed by atoms with Gasteiger partial charge in [0.15, 0.2) is 8.32 Å². The first-order chi connectivity index (χ1) is 15.7. The fraction of sp³-hybridized carbons (Fsp3) is 1.00. The van der Waals surface area contributed by atoms with E-state index in [1.54, 1.807) is 0 Å². The minimum Gasteiger partial charge on any atom is -0.417 e. The fourth-order valence-corrected chi connectivity index (χ4v) is 10.5. The van der Waals surface area contributed by atoms with Crippen LogP contribution in [0.2, 0.25) is 18.1 Å². The van der Waals surface area contributed by atoms with Gasteiger partial charge in [0, 0.05) is 6.61 Å². The second-order valence-electron chi connectivity index (χ2n) is 15.2. The molecule has 0 aromatic rings. The molecule has 0 spiro atoms. The minimum atomic E-state index is -1.64. The van der Waals surface area contributed by atoms with Crippen LogP contribution < -0.4 is 0 Å². The average Bonchev–Trinajstić information content (AvgIpc) is 3.09. The van der Waals surface area contributed by atoms with E-state index < -0.39 is 8.32 Å². The van der Waals surface area contributed by atoms with E-state index in [4.69, 9.17) is 4.43 Å². The van der Waals surface area contributed by atoms with E-state index >= 15 is 0 Å². The zero-order valence-corrected chi connectivity index (χ0v) is 24.7. The maximum Gasteiger partial charge on any atom is 0.191 e. The van der Waals surface area contributed by atoms with Crippen molar-refractivity contribution in [3.8, 4) is 0 Å². The van der Waals surface area contributed by atoms with Gasteiger partial charge in [0.25, 0.3) is 0 Å². The predicted octanol–water partition coefficient (Wildman–Crippen LogP) is 7.42. The molecule has 3 nitrogen and oxygen atoms in total. The Bertz CT molecular complexity index is 716. The lowest BCUT2D eigenvalue weighted by molar-refractivity contribution is -0.172. The maximum absolute atomic E-state index is 11.2. The Morgan fingerprint density at radius 2 is 1.56 bits per heavy atom. The summed E-state index contributed by atoms with van der Waals surface area (Å²) in [5, 5.41) is 21.9. The predicted molar refractivity (Wildman–Crippen MR) is 144 cm³/mol. The standard InChI is InChI=1S/C30H56O3Si/c1-20(10-9-17-33-34(7,8)28(2,3)4)23-11-12-24-22-19-27(32)26-18-21(31)13-15-30(26,6)25(22)14-16-29(23,24)5/h20-27,31-32H,9-19H2,1-8H3/t20-,21-,22+,23-,24+,25+,26+,27+,29-,30-/m1/s1. The van der Waals surface area contributed by atoms with Crippen LogP contribution >= 0.6 is 0 Å². The quantitative estimate of drug-likeness (QED) is 0.300. The maximum atomic E-state index is 11.2. The monoisotopic (exact) mass is 492 g/mol. The minimum absolute atomic E-state index is 0.199. The van der Waals surface area contributed by atoms with Gasteiger partial charge < -0.3 is 14.6 Å². The Morgan fingerprint density at radius 1 is 0.912 bits per heavy atom. The van der Waals surface area contributed by atoms with Crippen LogP contribution in [0.5, 0.6) is 0 Å². The third kappa shape index (κ3) is 4.61. The van der Waals surface area contributed by atoms with E-state index in [0.29, 0.717) is 22.3 Å². The summed E-state index contributed by atoms with van der Waals surface area (Å²) >= 11 is 0. The lowest BCUT2D eigenvalue weighted by Crippen LogP contribution is -2.58. The van der Waals surface area contributed by atoms with Crippen LogP contribution in [0.15, 0.2) is 0 Å². The summed E-state index contributed by atoms with van der Waals surface area (Å²) in [5.41, 5.74) is 0.672. The van der Waals surface area contributed by atoms with Crippen molar-refractivity contribution in [2.75, 3.05) is 6.61 Å². The molecule has 0 aromatic heterocycles. The van der Waals surface area contributed by atoms with Gasteiger partial charge in [0.05, 0.1) is 12.2 Å². The molecule has 0 radical (unpaired) electrons. The molecular weight excluding hydrogens is 436 g/mol. The summed E-state index contributed by atoms with van der Waals surface area (Å²) < 4.78 is 6.48. The Hall–Kier alpha value is 0.0969. The van der Waals surface area contributed by atoms with E-state index in [1.165, 1.54) is 38.5 Å². The smallest absolute Gasteiger partial charge is 0.191 e. The molecule has 0 aromatic carbocycles. The molecule has 10 atom stereocenters. The largest absolute Gasteiger partial charge is 0.417 e. The van der Waals surface area contributed by atoms with Gasteiger partial charge in [0.1, 0.15) is 0 Å². The van der Waals surface area contributed by atoms with Gasteiger partial charge in [-0.25, -0.2) is 0 Å². The summed E-state index contributed by atoms with van der Waals surface area (Å²) in [5.74, 6) is 4.10. The van der Waals surface area contributed by atoms with Gasteiger partial charge >= 0.3 is 0 Å². The zero-order valence-electron chi connectivity index (χ0n) is 23.7. The SMILES string of the molecule is C[C@H](CCCO[Si](C)(C)C(C)(C)C)[C@H]1CC[C@H]2[C@@H]3C[C@H](O)[C@@H]4C[C@H](O)CC[C@]4(C)[C@H]3CC[C@]12C. The molecule has 0 unspecified atom stereocenters. The Labute approximate surface area is 212 Å². The summed E-state index contributed by atoms with van der Waals surface area (Å²) in [6.07, 6.45) is 11.4. The van der Waals surface area contributed by atoms with E-state index in [2.05, 4.69) is 54.6 Å². The Kier molecular flexibility index (Phi) is 7.54. The van der Waals surface area contributed by atoms with Crippen LogP contribution in [0.3, 0.4) is 0 Å². The van der Waals surface area contributed by atoms with E-state index in [9.17, 15) is 10.2 Å². The average molecular weight is 493 g/mol. The van der Waals surface area contributed by atoms with Crippen molar-refractivity contribution in [2.24, 2.45) is 46.3 Å². The summed E-state index contributed by atoms with van der Waals surface area (Å²) in [6.45, 7) is 20.3. The highest BCUT2D eigenvalue weighted by molar-refractivity contribution is 6.74. The van der Waals surface area contributed by atoms with Crippen LogP contribution in [-0.2, 0) is 4.43 Å². The van der Waals surface area contributed by atoms with Crippen molar-refractivity contribution in [3.63, 3.8) is 0 Å². The van der Waals surface area contributed by atoms with Gasteiger partial charge in [-0.2, -0.15) is 0 Å². The van der Waals surface area contributed by atoms with Crippen LogP contribution in [-0.4, -0.2) is 37.3 Å². The van der Waals surface area contributed by atoms with Gasteiger partial charge in [-0.1, -0.05) is 41.5 Å². The summed E-state index contributed by atoms with van der Waals surface area (Å²) in [4.78, 5) is 0. The number of aliphatic hydroxyl groups excluding tert-OH is 2. The normalized spacial score (nSPS) is 45.9. The van der Waals surface area contributed by atoms with Crippen molar-refractivity contribution >= 4 is 8.32 Å². The topological polar surface area (TPSA) is 49.7 Å². The number of hydrogen-bond acceptors (Lipinski definition) is 3. The fourth-order valence-electron chi connectivity index (χ4n) is 9.40. The zero-order chi connectivity index (χ0) is 25.1. The lowest BCUT2D eigenvalue weighted by atomic mass is 9.44. The number of rotatable bonds is 6. The molecule has 0 aliphatic heterocycles. The number of aliphatic hydroxyl groups is 2. The molecule has 4 aliphatic carbocycles. The van der Waals surface area contributed by atoms with Crippen molar-refractivity contribution in [3.05, 3.63) is 0 Å². The lowest BCUT2D eigenvalue weighted by Gasteiger charge is -2.62. The van der Waals surface area contributed by atoms with E-state index in [0.717, 1.165) is 56.0 Å². The molecule has 0 saturated heterocycles. The van der Waals surface area contributed by atoms with Crippen LogP contribution in [0.1, 0.15) is 106 Å². The highest BCUT2D eigenvalue weighted by Gasteiger charge is 2.62. The van der Waals surface area contributed by atoms with E-state index in [1.807, 2.05) is 0 Å². The molecule has 4 heteroatoms. The molecule has 0 bridgehead atoms. The first-order valence-electron chi connectivity index (χ1n) is 14.7. The van der Waals surface area contributed by atoms with Crippen molar-refractivity contribution in [1.82, 2.24) is 0 Å². The van der Waals surface area contributed by atoms with Gasteiger partial charge in [-0.15, -0.1) is 0 Å². The molecule has 4 aliphatic rings. The molecule has 4 rings (SSSR count). The van der Waals surface area contributed by atoms with Crippen LogP contribution in [0, 0.1) is 46.3 Å². The molecule has 0 amide bonds. The molecule has 34 heavy (non-hydrogen) atoms. The van der Waals surface area contributed by atoms with Crippen molar-refractivity contribution < 1.29 is 14.6 Å². The molecule has 2 N–H and O–H groups in total. The molecule has 198 valence electrons. The van der Waals surface area contributed by atoms with E-state index in [-0.39, 0.29) is 17.6 Å². The van der Waals surface area contributed by atoms with Gasteiger partial charge in [-0.05, 0) is 129 Å². The van der Waals surface area contributed by atoms with Crippen LogP contribution in [0.4, 0.5) is 0 Å². The number of fused-ring (bicyclic) bond motifs is 5. The van der Waals surface area contributed by atoms with Crippen LogP contribution in [0.25, 0.3) is 0 Å². The van der Waals surface area contributed by atoms with Gasteiger partial charge in [0.2, 0.25) is 0 Å². The Balaban J connectivity index is 1.39. The third-order valence-corrected chi connectivity index (χ3v) is 17.0. The molecule has 4 fully saturated rings. The van der Waals surface area contributed by atoms with Gasteiger partial charge in [-0.3, -0.25) is 0 Å². The molecular formula is C30H56O3Si. The first-order valence-corrected chi connectivity index (χ1v) is 17.6. The summed E-state index contributed by atoms with van der Waals surface area (Å²) in [6, 6.07) is 0. The highest BCUT2D eigenvalue weighted by atomic mass is 28.4. The molecule has 0 heterocycles. The second kappa shape index (κ2) is 9.44. The van der Waals surface area contributed by atoms with Crippen molar-refractivity contribution in [1.29, 1.82) is 0 Å². The summed E-state index contributed by atoms with van der Waals surface area (Å²) in [7, 11) is -1.64. The second-order valence-corrected chi connectivity index (χ2v) is 20.0. The Morgan fingerprint density at radius 3 is 2.24 bits per heavy atom. The molecule has 4 saturated carbocycles. The van der Waals surface area contributed by atoms with Crippen molar-refractivity contribution in [2.45, 2.75) is 136 Å². The highest BCUT2D eigenvalue weighted by Crippen LogP contribution is 2.68. The number of hydrogen-bond donors (Lipinski definition) is 2. The third-order valence-electron chi connectivity index (χ3n) is 12.5.